The molecule has 2 unspecified atom stereocenters. The summed E-state index contributed by atoms with van der Waals surface area (Å²) in [7, 11) is -3.14. The standard InChI is InChI=1S/C18H23O3P/c1-4-22(19,20-15(2)17-11-7-5-8-12-17)21-16(3)18-13-9-6-10-14-18/h5-16H,4H2,1-3H3. The van der Waals surface area contributed by atoms with Crippen LogP contribution in [-0.4, -0.2) is 6.16 Å². The van der Waals surface area contributed by atoms with Gasteiger partial charge in [-0.2, -0.15) is 0 Å². The Labute approximate surface area is 132 Å². The molecule has 0 radical (unpaired) electrons. The van der Waals surface area contributed by atoms with Crippen molar-refractivity contribution in [3.8, 4) is 0 Å². The lowest BCUT2D eigenvalue weighted by atomic mass is 10.1. The van der Waals surface area contributed by atoms with E-state index in [0.717, 1.165) is 11.1 Å². The van der Waals surface area contributed by atoms with Crippen LogP contribution in [0.3, 0.4) is 0 Å². The summed E-state index contributed by atoms with van der Waals surface area (Å²) in [4.78, 5) is 0. The van der Waals surface area contributed by atoms with Gasteiger partial charge in [0, 0.05) is 6.16 Å². The van der Waals surface area contributed by atoms with Crippen molar-refractivity contribution in [3.63, 3.8) is 0 Å². The zero-order valence-corrected chi connectivity index (χ0v) is 14.2. The Kier molecular flexibility index (Phi) is 5.96. The average molecular weight is 318 g/mol. The van der Waals surface area contributed by atoms with Crippen LogP contribution in [0.25, 0.3) is 0 Å². The van der Waals surface area contributed by atoms with Gasteiger partial charge < -0.3 is 9.05 Å². The van der Waals surface area contributed by atoms with E-state index in [1.54, 1.807) is 0 Å². The summed E-state index contributed by atoms with van der Waals surface area (Å²) in [5, 5.41) is 0. The molecule has 2 aromatic rings. The molecule has 0 bridgehead atoms. The Morgan fingerprint density at radius 2 is 1.18 bits per heavy atom. The molecule has 4 heteroatoms. The molecule has 0 fully saturated rings. The molecule has 0 spiro atoms. The fourth-order valence-electron chi connectivity index (χ4n) is 2.23. The Morgan fingerprint density at radius 1 is 0.818 bits per heavy atom. The highest BCUT2D eigenvalue weighted by molar-refractivity contribution is 7.53. The Hall–Kier alpha value is -1.41. The monoisotopic (exact) mass is 318 g/mol. The Bertz CT molecular complexity index is 561. The van der Waals surface area contributed by atoms with Gasteiger partial charge in [-0.15, -0.1) is 0 Å². The predicted molar refractivity (Wildman–Crippen MR) is 90.0 cm³/mol. The maximum absolute atomic E-state index is 12.9. The molecule has 22 heavy (non-hydrogen) atoms. The molecule has 0 aliphatic heterocycles. The van der Waals surface area contributed by atoms with Gasteiger partial charge in [0.15, 0.2) is 0 Å². The van der Waals surface area contributed by atoms with Gasteiger partial charge in [-0.3, -0.25) is 4.57 Å². The van der Waals surface area contributed by atoms with E-state index in [0.29, 0.717) is 6.16 Å². The summed E-state index contributed by atoms with van der Waals surface area (Å²) in [5.41, 5.74) is 1.99. The summed E-state index contributed by atoms with van der Waals surface area (Å²) in [6.07, 6.45) is -0.189. The minimum absolute atomic E-state index is 0.269. The lowest BCUT2D eigenvalue weighted by Gasteiger charge is -2.25. The average Bonchev–Trinajstić information content (AvgIpc) is 2.56. The van der Waals surface area contributed by atoms with Crippen LogP contribution in [0, 0.1) is 0 Å². The van der Waals surface area contributed by atoms with Gasteiger partial charge in [0.05, 0.1) is 12.2 Å². The maximum atomic E-state index is 12.9. The van der Waals surface area contributed by atoms with Crippen LogP contribution in [0.1, 0.15) is 44.1 Å². The van der Waals surface area contributed by atoms with Gasteiger partial charge in [0.1, 0.15) is 0 Å². The van der Waals surface area contributed by atoms with Crippen molar-refractivity contribution in [3.05, 3.63) is 71.8 Å². The summed E-state index contributed by atoms with van der Waals surface area (Å²) < 4.78 is 24.5. The first-order valence-electron chi connectivity index (χ1n) is 7.60. The lowest BCUT2D eigenvalue weighted by Crippen LogP contribution is -2.06. The molecule has 2 aromatic carbocycles. The molecule has 3 nitrogen and oxygen atoms in total. The van der Waals surface area contributed by atoms with Crippen molar-refractivity contribution >= 4 is 7.60 Å². The van der Waals surface area contributed by atoms with E-state index >= 15 is 0 Å². The third kappa shape index (κ3) is 4.54. The summed E-state index contributed by atoms with van der Waals surface area (Å²) in [6, 6.07) is 19.5. The van der Waals surface area contributed by atoms with Crippen molar-refractivity contribution in [2.45, 2.75) is 33.0 Å². The molecule has 2 rings (SSSR count). The molecule has 118 valence electrons. The first kappa shape index (κ1) is 17.0. The zero-order chi connectivity index (χ0) is 16.0. The molecule has 0 heterocycles. The second kappa shape index (κ2) is 7.73. The third-order valence-corrected chi connectivity index (χ3v) is 5.61. The fraction of sp³-hybridized carbons (Fsp3) is 0.333. The zero-order valence-electron chi connectivity index (χ0n) is 13.3. The molecular weight excluding hydrogens is 295 g/mol. The van der Waals surface area contributed by atoms with Crippen LogP contribution in [0.2, 0.25) is 0 Å². The van der Waals surface area contributed by atoms with E-state index in [2.05, 4.69) is 0 Å². The smallest absolute Gasteiger partial charge is 0.301 e. The molecule has 0 aromatic heterocycles. The van der Waals surface area contributed by atoms with Gasteiger partial charge in [0.2, 0.25) is 0 Å². The topological polar surface area (TPSA) is 35.5 Å². The van der Waals surface area contributed by atoms with Crippen molar-refractivity contribution in [2.24, 2.45) is 0 Å². The molecule has 0 saturated carbocycles. The van der Waals surface area contributed by atoms with Crippen molar-refractivity contribution in [2.75, 3.05) is 6.16 Å². The van der Waals surface area contributed by atoms with E-state index in [1.165, 1.54) is 0 Å². The highest BCUT2D eigenvalue weighted by atomic mass is 31.2. The van der Waals surface area contributed by atoms with Gasteiger partial charge in [-0.25, -0.2) is 0 Å². The molecule has 2 atom stereocenters. The Balaban J connectivity index is 2.07. The molecule has 0 aliphatic carbocycles. The fourth-order valence-corrected chi connectivity index (χ4v) is 3.78. The van der Waals surface area contributed by atoms with Crippen LogP contribution in [-0.2, 0) is 13.6 Å². The first-order chi connectivity index (χ1) is 10.5. The van der Waals surface area contributed by atoms with Gasteiger partial charge >= 0.3 is 7.60 Å². The SMILES string of the molecule is CCP(=O)(OC(C)c1ccccc1)OC(C)c1ccccc1. The van der Waals surface area contributed by atoms with Crippen LogP contribution < -0.4 is 0 Å². The van der Waals surface area contributed by atoms with Crippen molar-refractivity contribution in [1.82, 2.24) is 0 Å². The highest BCUT2D eigenvalue weighted by Gasteiger charge is 2.28. The third-order valence-electron chi connectivity index (χ3n) is 3.56. The summed E-state index contributed by atoms with van der Waals surface area (Å²) in [6.45, 7) is 5.62. The van der Waals surface area contributed by atoms with E-state index in [-0.39, 0.29) is 12.2 Å². The predicted octanol–water partition coefficient (Wildman–Crippen LogP) is 5.76. The summed E-state index contributed by atoms with van der Waals surface area (Å²) >= 11 is 0. The van der Waals surface area contributed by atoms with Gasteiger partial charge in [0.25, 0.3) is 0 Å². The minimum atomic E-state index is -3.14. The molecule has 0 N–H and O–H groups in total. The van der Waals surface area contributed by atoms with E-state index in [1.807, 2.05) is 81.4 Å². The number of hydrogen-bond donors (Lipinski definition) is 0. The maximum Gasteiger partial charge on any atom is 0.331 e. The quantitative estimate of drug-likeness (QED) is 0.609. The molecular formula is C18H23O3P. The van der Waals surface area contributed by atoms with Crippen molar-refractivity contribution < 1.29 is 13.6 Å². The van der Waals surface area contributed by atoms with Crippen molar-refractivity contribution in [1.29, 1.82) is 0 Å². The number of hydrogen-bond acceptors (Lipinski definition) is 3. The first-order valence-corrected chi connectivity index (χ1v) is 9.32. The second-order valence-corrected chi connectivity index (χ2v) is 7.52. The van der Waals surface area contributed by atoms with Crippen LogP contribution in [0.15, 0.2) is 60.7 Å². The van der Waals surface area contributed by atoms with Crippen LogP contribution in [0.5, 0.6) is 0 Å². The summed E-state index contributed by atoms with van der Waals surface area (Å²) in [5.74, 6) is 0. The minimum Gasteiger partial charge on any atom is -0.301 e. The Morgan fingerprint density at radius 3 is 1.50 bits per heavy atom. The molecule has 0 amide bonds. The van der Waals surface area contributed by atoms with E-state index < -0.39 is 7.60 Å². The lowest BCUT2D eigenvalue weighted by molar-refractivity contribution is 0.129. The number of rotatable bonds is 7. The molecule has 0 saturated heterocycles. The van der Waals surface area contributed by atoms with Gasteiger partial charge in [-0.05, 0) is 25.0 Å². The normalized spacial score (nSPS) is 16.7. The van der Waals surface area contributed by atoms with Crippen LogP contribution in [0.4, 0.5) is 0 Å². The second-order valence-electron chi connectivity index (χ2n) is 5.24. The molecule has 0 aliphatic rings. The van der Waals surface area contributed by atoms with Gasteiger partial charge in [-0.1, -0.05) is 67.6 Å². The van der Waals surface area contributed by atoms with E-state index in [4.69, 9.17) is 9.05 Å². The van der Waals surface area contributed by atoms with Crippen LogP contribution >= 0.6 is 7.60 Å². The van der Waals surface area contributed by atoms with E-state index in [9.17, 15) is 4.57 Å². The highest BCUT2D eigenvalue weighted by Crippen LogP contribution is 2.54. The largest absolute Gasteiger partial charge is 0.331 e. The number of benzene rings is 2.